The number of fused-ring (bicyclic) bond motifs is 1. The summed E-state index contributed by atoms with van der Waals surface area (Å²) in [7, 11) is 0. The fourth-order valence-corrected chi connectivity index (χ4v) is 4.26. The van der Waals surface area contributed by atoms with Gasteiger partial charge in [-0.3, -0.25) is 0 Å². The van der Waals surface area contributed by atoms with Crippen molar-refractivity contribution in [1.29, 1.82) is 0 Å². The molecule has 1 atom stereocenters. The number of alkyl halides is 3. The van der Waals surface area contributed by atoms with Gasteiger partial charge < -0.3 is 15.5 Å². The first-order valence-corrected chi connectivity index (χ1v) is 10.5. The van der Waals surface area contributed by atoms with Crippen molar-refractivity contribution in [2.75, 3.05) is 36.4 Å². The highest BCUT2D eigenvalue weighted by atomic mass is 19.4. The van der Waals surface area contributed by atoms with E-state index in [9.17, 15) is 17.6 Å². The van der Waals surface area contributed by atoms with Crippen molar-refractivity contribution in [3.05, 3.63) is 58.5 Å². The lowest BCUT2D eigenvalue weighted by Gasteiger charge is -2.30. The van der Waals surface area contributed by atoms with Crippen LogP contribution in [0.1, 0.15) is 35.3 Å². The van der Waals surface area contributed by atoms with Crippen molar-refractivity contribution < 1.29 is 17.6 Å². The number of piperazine rings is 1. The third-order valence-corrected chi connectivity index (χ3v) is 5.99. The average molecular weight is 447 g/mol. The molecule has 0 unspecified atom stereocenters. The average Bonchev–Trinajstić information content (AvgIpc) is 2.75. The van der Waals surface area contributed by atoms with Crippen LogP contribution in [0.15, 0.2) is 30.3 Å². The van der Waals surface area contributed by atoms with E-state index in [-0.39, 0.29) is 11.4 Å². The van der Waals surface area contributed by atoms with Crippen LogP contribution in [0.2, 0.25) is 0 Å². The van der Waals surface area contributed by atoms with Crippen molar-refractivity contribution in [2.45, 2.75) is 33.0 Å². The molecule has 1 aliphatic heterocycles. The van der Waals surface area contributed by atoms with Crippen molar-refractivity contribution in [2.24, 2.45) is 0 Å². The van der Waals surface area contributed by atoms with Gasteiger partial charge in [-0.05, 0) is 50.1 Å². The molecule has 0 saturated carbocycles. The quantitative estimate of drug-likeness (QED) is 0.552. The Hall–Kier alpha value is -2.94. The highest BCUT2D eigenvalue weighted by molar-refractivity contribution is 5.95. The normalized spacial score (nSPS) is 15.8. The SMILES string of the molecule is Cc1c([C@@H](C)Nc2nnc(C)c3cc(F)c(N4CCNCC4)cc23)cccc1C(F)(F)F. The standard InChI is InChI=1S/C23H25F4N5/c1-13-16(5-4-6-19(13)23(25,26)27)14(2)29-22-18-12-21(32-9-7-28-8-10-32)20(24)11-17(18)15(3)30-31-22/h4-6,11-12,14,28H,7-10H2,1-3H3,(H,29,31)/t14-/m1/s1. The smallest absolute Gasteiger partial charge is 0.367 e. The molecule has 170 valence electrons. The first-order valence-electron chi connectivity index (χ1n) is 10.5. The molecule has 4 rings (SSSR count). The molecule has 3 aromatic rings. The minimum atomic E-state index is -4.42. The monoisotopic (exact) mass is 447 g/mol. The lowest BCUT2D eigenvalue weighted by molar-refractivity contribution is -0.138. The number of halogens is 4. The number of rotatable bonds is 4. The van der Waals surface area contributed by atoms with Gasteiger partial charge in [-0.2, -0.15) is 18.3 Å². The zero-order valence-corrected chi connectivity index (χ0v) is 18.1. The van der Waals surface area contributed by atoms with Crippen LogP contribution >= 0.6 is 0 Å². The van der Waals surface area contributed by atoms with Crippen LogP contribution in [-0.2, 0) is 6.18 Å². The van der Waals surface area contributed by atoms with Crippen LogP contribution in [0.5, 0.6) is 0 Å². The van der Waals surface area contributed by atoms with E-state index in [1.54, 1.807) is 26.0 Å². The molecule has 1 aromatic heterocycles. The Kier molecular flexibility index (Phi) is 5.94. The van der Waals surface area contributed by atoms with E-state index in [4.69, 9.17) is 0 Å². The molecule has 5 nitrogen and oxygen atoms in total. The molecule has 0 amide bonds. The van der Waals surface area contributed by atoms with Gasteiger partial charge in [0.2, 0.25) is 0 Å². The Morgan fingerprint density at radius 3 is 2.47 bits per heavy atom. The van der Waals surface area contributed by atoms with Gasteiger partial charge in [-0.1, -0.05) is 12.1 Å². The van der Waals surface area contributed by atoms with E-state index < -0.39 is 17.8 Å². The maximum Gasteiger partial charge on any atom is 0.416 e. The van der Waals surface area contributed by atoms with Gasteiger partial charge >= 0.3 is 6.18 Å². The van der Waals surface area contributed by atoms with Gasteiger partial charge in [0.25, 0.3) is 0 Å². The van der Waals surface area contributed by atoms with Crippen LogP contribution in [0.25, 0.3) is 10.8 Å². The minimum Gasteiger partial charge on any atom is -0.367 e. The third kappa shape index (κ3) is 4.21. The zero-order chi connectivity index (χ0) is 23.0. The van der Waals surface area contributed by atoms with E-state index in [0.29, 0.717) is 46.6 Å². The van der Waals surface area contributed by atoms with Crippen molar-refractivity contribution in [1.82, 2.24) is 15.5 Å². The summed E-state index contributed by atoms with van der Waals surface area (Å²) in [6.45, 7) is 7.89. The van der Waals surface area contributed by atoms with Crippen LogP contribution in [-0.4, -0.2) is 36.4 Å². The van der Waals surface area contributed by atoms with Crippen LogP contribution in [0.4, 0.5) is 29.1 Å². The zero-order valence-electron chi connectivity index (χ0n) is 18.1. The Morgan fingerprint density at radius 2 is 1.78 bits per heavy atom. The molecule has 1 fully saturated rings. The lowest BCUT2D eigenvalue weighted by Crippen LogP contribution is -2.43. The van der Waals surface area contributed by atoms with Crippen LogP contribution in [0, 0.1) is 19.7 Å². The summed E-state index contributed by atoms with van der Waals surface area (Å²) in [6, 6.07) is 6.89. The fourth-order valence-electron chi connectivity index (χ4n) is 4.26. The highest BCUT2D eigenvalue weighted by Gasteiger charge is 2.33. The second-order valence-corrected chi connectivity index (χ2v) is 8.10. The lowest BCUT2D eigenvalue weighted by atomic mass is 9.97. The van der Waals surface area contributed by atoms with Crippen molar-refractivity contribution >= 4 is 22.3 Å². The molecule has 1 saturated heterocycles. The summed E-state index contributed by atoms with van der Waals surface area (Å²) in [4.78, 5) is 1.98. The molecular weight excluding hydrogens is 422 g/mol. The van der Waals surface area contributed by atoms with Gasteiger partial charge in [0, 0.05) is 37.0 Å². The van der Waals surface area contributed by atoms with E-state index in [1.807, 2.05) is 4.90 Å². The topological polar surface area (TPSA) is 53.1 Å². The second-order valence-electron chi connectivity index (χ2n) is 8.10. The van der Waals surface area contributed by atoms with Gasteiger partial charge in [0.05, 0.1) is 23.0 Å². The summed E-state index contributed by atoms with van der Waals surface area (Å²) < 4.78 is 54.9. The van der Waals surface area contributed by atoms with E-state index in [0.717, 1.165) is 19.2 Å². The summed E-state index contributed by atoms with van der Waals surface area (Å²) in [5.41, 5.74) is 1.08. The predicted molar refractivity (Wildman–Crippen MR) is 118 cm³/mol. The molecule has 2 heterocycles. The largest absolute Gasteiger partial charge is 0.416 e. The van der Waals surface area contributed by atoms with Crippen molar-refractivity contribution in [3.8, 4) is 0 Å². The molecule has 2 N–H and O–H groups in total. The summed E-state index contributed by atoms with van der Waals surface area (Å²) in [5, 5.41) is 16.1. The number of benzene rings is 2. The number of anilines is 2. The maximum absolute atomic E-state index is 14.9. The summed E-state index contributed by atoms with van der Waals surface area (Å²) in [5.74, 6) is 0.0783. The maximum atomic E-state index is 14.9. The molecule has 0 aliphatic carbocycles. The first kappa shape index (κ1) is 22.3. The Morgan fingerprint density at radius 1 is 1.06 bits per heavy atom. The number of aryl methyl sites for hydroxylation is 1. The Labute approximate surface area is 183 Å². The number of hydrogen-bond acceptors (Lipinski definition) is 5. The molecule has 0 radical (unpaired) electrons. The van der Waals surface area contributed by atoms with Gasteiger partial charge in [-0.25, -0.2) is 4.39 Å². The Balaban J connectivity index is 1.74. The second kappa shape index (κ2) is 8.54. The molecule has 0 bridgehead atoms. The number of hydrogen-bond donors (Lipinski definition) is 2. The number of aromatic nitrogens is 2. The molecule has 32 heavy (non-hydrogen) atoms. The third-order valence-electron chi connectivity index (χ3n) is 5.99. The first-order chi connectivity index (χ1) is 15.2. The summed E-state index contributed by atoms with van der Waals surface area (Å²) >= 11 is 0. The fraction of sp³-hybridized carbons (Fsp3) is 0.391. The summed E-state index contributed by atoms with van der Waals surface area (Å²) in [6.07, 6.45) is -4.42. The number of nitrogens with zero attached hydrogens (tertiary/aromatic N) is 3. The molecule has 0 spiro atoms. The predicted octanol–water partition coefficient (Wildman–Crippen LogP) is 4.99. The molecule has 9 heteroatoms. The molecule has 2 aromatic carbocycles. The van der Waals surface area contributed by atoms with Crippen LogP contribution in [0.3, 0.4) is 0 Å². The van der Waals surface area contributed by atoms with E-state index >= 15 is 0 Å². The van der Waals surface area contributed by atoms with Crippen molar-refractivity contribution in [3.63, 3.8) is 0 Å². The van der Waals surface area contributed by atoms with E-state index in [2.05, 4.69) is 20.8 Å². The molecular formula is C23H25F4N5. The van der Waals surface area contributed by atoms with Crippen LogP contribution < -0.4 is 15.5 Å². The Bertz CT molecular complexity index is 1140. The minimum absolute atomic E-state index is 0.164. The highest BCUT2D eigenvalue weighted by Crippen LogP contribution is 2.36. The number of nitrogens with one attached hydrogen (secondary N) is 2. The van der Waals surface area contributed by atoms with Gasteiger partial charge in [-0.15, -0.1) is 5.10 Å². The van der Waals surface area contributed by atoms with E-state index in [1.165, 1.54) is 19.1 Å². The van der Waals surface area contributed by atoms with Gasteiger partial charge in [0.1, 0.15) is 5.82 Å². The van der Waals surface area contributed by atoms with Gasteiger partial charge in [0.15, 0.2) is 5.82 Å². The molecule has 1 aliphatic rings.